The maximum absolute atomic E-state index is 12.2. The molecular weight excluding hydrogens is 328 g/mol. The molecule has 0 unspecified atom stereocenters. The summed E-state index contributed by atoms with van der Waals surface area (Å²) in [6.07, 6.45) is 0. The SMILES string of the molecule is CC(C)(C)c1ccc(OC(=O)c2ccc([N+](=O)[O-])cc2[N+](=O)[O-])cc1. The van der Waals surface area contributed by atoms with Gasteiger partial charge in [-0.3, -0.25) is 20.2 Å². The molecule has 2 rings (SSSR count). The molecule has 0 bridgehead atoms. The van der Waals surface area contributed by atoms with Crippen LogP contribution in [-0.4, -0.2) is 15.8 Å². The number of non-ortho nitro benzene ring substituents is 1. The summed E-state index contributed by atoms with van der Waals surface area (Å²) >= 11 is 0. The van der Waals surface area contributed by atoms with Crippen molar-refractivity contribution in [2.24, 2.45) is 0 Å². The van der Waals surface area contributed by atoms with Crippen LogP contribution in [0.2, 0.25) is 0 Å². The number of rotatable bonds is 4. The van der Waals surface area contributed by atoms with Crippen LogP contribution in [0.4, 0.5) is 11.4 Å². The molecule has 130 valence electrons. The summed E-state index contributed by atoms with van der Waals surface area (Å²) in [5.41, 5.74) is -0.535. The third kappa shape index (κ3) is 4.17. The lowest BCUT2D eigenvalue weighted by Crippen LogP contribution is -2.13. The Bertz CT molecular complexity index is 837. The molecule has 0 saturated heterocycles. The van der Waals surface area contributed by atoms with Crippen molar-refractivity contribution in [2.75, 3.05) is 0 Å². The number of carbonyl (C=O) groups excluding carboxylic acids is 1. The third-order valence-corrected chi connectivity index (χ3v) is 3.54. The van der Waals surface area contributed by atoms with Crippen LogP contribution in [0.3, 0.4) is 0 Å². The molecule has 0 aliphatic carbocycles. The maximum atomic E-state index is 12.2. The van der Waals surface area contributed by atoms with E-state index in [1.807, 2.05) is 20.8 Å². The van der Waals surface area contributed by atoms with E-state index in [0.29, 0.717) is 0 Å². The van der Waals surface area contributed by atoms with Crippen LogP contribution in [0.25, 0.3) is 0 Å². The van der Waals surface area contributed by atoms with Crippen LogP contribution in [0.5, 0.6) is 5.75 Å². The van der Waals surface area contributed by atoms with Gasteiger partial charge in [-0.05, 0) is 29.2 Å². The molecule has 8 nitrogen and oxygen atoms in total. The molecule has 8 heteroatoms. The quantitative estimate of drug-likeness (QED) is 0.358. The van der Waals surface area contributed by atoms with Gasteiger partial charge in [-0.1, -0.05) is 32.9 Å². The predicted molar refractivity (Wildman–Crippen MR) is 89.9 cm³/mol. The van der Waals surface area contributed by atoms with Crippen LogP contribution in [0.15, 0.2) is 42.5 Å². The van der Waals surface area contributed by atoms with E-state index in [1.54, 1.807) is 24.3 Å². The summed E-state index contributed by atoms with van der Waals surface area (Å²) < 4.78 is 5.15. The lowest BCUT2D eigenvalue weighted by atomic mass is 9.87. The number of hydrogen-bond acceptors (Lipinski definition) is 6. The topological polar surface area (TPSA) is 113 Å². The summed E-state index contributed by atoms with van der Waals surface area (Å²) in [7, 11) is 0. The van der Waals surface area contributed by atoms with Crippen LogP contribution < -0.4 is 4.74 Å². The van der Waals surface area contributed by atoms with Crippen molar-refractivity contribution in [3.63, 3.8) is 0 Å². The lowest BCUT2D eigenvalue weighted by Gasteiger charge is -2.18. The highest BCUT2D eigenvalue weighted by Gasteiger charge is 2.25. The molecule has 2 aromatic rings. The van der Waals surface area contributed by atoms with Crippen LogP contribution in [0.1, 0.15) is 36.7 Å². The zero-order chi connectivity index (χ0) is 18.8. The first kappa shape index (κ1) is 18.1. The number of benzene rings is 2. The van der Waals surface area contributed by atoms with Crippen molar-refractivity contribution >= 4 is 17.3 Å². The molecule has 0 aromatic heterocycles. The second-order valence-electron chi connectivity index (χ2n) is 6.38. The number of nitro benzene ring substituents is 2. The Morgan fingerprint density at radius 1 is 0.960 bits per heavy atom. The molecule has 0 amide bonds. The number of esters is 1. The lowest BCUT2D eigenvalue weighted by molar-refractivity contribution is -0.394. The van der Waals surface area contributed by atoms with Crippen LogP contribution in [0, 0.1) is 20.2 Å². The van der Waals surface area contributed by atoms with Crippen molar-refractivity contribution in [3.8, 4) is 5.75 Å². The Morgan fingerprint density at radius 3 is 2.04 bits per heavy atom. The molecule has 0 aliphatic rings. The summed E-state index contributed by atoms with van der Waals surface area (Å²) in [6.45, 7) is 6.11. The van der Waals surface area contributed by atoms with E-state index in [0.717, 1.165) is 23.8 Å². The highest BCUT2D eigenvalue weighted by Crippen LogP contribution is 2.27. The standard InChI is InChI=1S/C17H16N2O6/c1-17(2,3)11-4-7-13(8-5-11)25-16(20)14-9-6-12(18(21)22)10-15(14)19(23)24/h4-10H,1-3H3. The molecule has 25 heavy (non-hydrogen) atoms. The summed E-state index contributed by atoms with van der Waals surface area (Å²) in [6, 6.07) is 9.55. The first-order valence-corrected chi connectivity index (χ1v) is 7.35. The molecule has 0 radical (unpaired) electrons. The highest BCUT2D eigenvalue weighted by molar-refractivity contribution is 5.95. The second kappa shape index (κ2) is 6.68. The van der Waals surface area contributed by atoms with Crippen LogP contribution in [-0.2, 0) is 5.41 Å². The Kier molecular flexibility index (Phi) is 4.82. The number of carbonyl (C=O) groups is 1. The van der Waals surface area contributed by atoms with Gasteiger partial charge in [-0.2, -0.15) is 0 Å². The zero-order valence-electron chi connectivity index (χ0n) is 13.9. The van der Waals surface area contributed by atoms with Gasteiger partial charge in [0.1, 0.15) is 11.3 Å². The van der Waals surface area contributed by atoms with Gasteiger partial charge in [0.2, 0.25) is 0 Å². The minimum Gasteiger partial charge on any atom is -0.423 e. The Balaban J connectivity index is 2.29. The zero-order valence-corrected chi connectivity index (χ0v) is 13.9. The van der Waals surface area contributed by atoms with Crippen molar-refractivity contribution in [1.82, 2.24) is 0 Å². The molecule has 0 atom stereocenters. The van der Waals surface area contributed by atoms with E-state index in [9.17, 15) is 25.0 Å². The smallest absolute Gasteiger partial charge is 0.350 e. The Morgan fingerprint density at radius 2 is 1.56 bits per heavy atom. The maximum Gasteiger partial charge on any atom is 0.350 e. The summed E-state index contributed by atoms with van der Waals surface area (Å²) in [5, 5.41) is 21.8. The fourth-order valence-electron chi connectivity index (χ4n) is 2.14. The van der Waals surface area contributed by atoms with E-state index < -0.39 is 27.2 Å². The minimum absolute atomic E-state index is 0.0698. The molecule has 0 N–H and O–H groups in total. The van der Waals surface area contributed by atoms with Gasteiger partial charge in [-0.25, -0.2) is 4.79 Å². The average Bonchev–Trinajstić information content (AvgIpc) is 2.53. The Hall–Kier alpha value is -3.29. The van der Waals surface area contributed by atoms with Crippen molar-refractivity contribution in [1.29, 1.82) is 0 Å². The van der Waals surface area contributed by atoms with E-state index in [4.69, 9.17) is 4.74 Å². The normalized spacial score (nSPS) is 11.0. The van der Waals surface area contributed by atoms with E-state index in [1.165, 1.54) is 0 Å². The molecule has 0 saturated carbocycles. The molecule has 0 heterocycles. The molecule has 0 aliphatic heterocycles. The Labute approximate surface area is 143 Å². The van der Waals surface area contributed by atoms with Gasteiger partial charge in [0, 0.05) is 6.07 Å². The fourth-order valence-corrected chi connectivity index (χ4v) is 2.14. The van der Waals surface area contributed by atoms with E-state index in [-0.39, 0.29) is 16.7 Å². The second-order valence-corrected chi connectivity index (χ2v) is 6.38. The number of nitrogens with zero attached hydrogens (tertiary/aromatic N) is 2. The van der Waals surface area contributed by atoms with Crippen LogP contribution >= 0.6 is 0 Å². The van der Waals surface area contributed by atoms with Gasteiger partial charge >= 0.3 is 5.97 Å². The van der Waals surface area contributed by atoms with Crippen molar-refractivity contribution in [2.45, 2.75) is 26.2 Å². The number of hydrogen-bond donors (Lipinski definition) is 0. The summed E-state index contributed by atoms with van der Waals surface area (Å²) in [4.78, 5) is 32.4. The first-order chi connectivity index (χ1) is 11.6. The van der Waals surface area contributed by atoms with E-state index >= 15 is 0 Å². The highest BCUT2D eigenvalue weighted by atomic mass is 16.6. The number of ether oxygens (including phenoxy) is 1. The first-order valence-electron chi connectivity index (χ1n) is 7.35. The van der Waals surface area contributed by atoms with Gasteiger partial charge in [-0.15, -0.1) is 0 Å². The monoisotopic (exact) mass is 344 g/mol. The predicted octanol–water partition coefficient (Wildman–Crippen LogP) is 4.02. The molecule has 2 aromatic carbocycles. The van der Waals surface area contributed by atoms with Crippen molar-refractivity contribution < 1.29 is 19.4 Å². The average molecular weight is 344 g/mol. The van der Waals surface area contributed by atoms with Gasteiger partial charge < -0.3 is 4.74 Å². The minimum atomic E-state index is -0.954. The van der Waals surface area contributed by atoms with Gasteiger partial charge in [0.05, 0.1) is 15.9 Å². The molecule has 0 spiro atoms. The van der Waals surface area contributed by atoms with Gasteiger partial charge in [0.15, 0.2) is 0 Å². The van der Waals surface area contributed by atoms with Crippen molar-refractivity contribution in [3.05, 3.63) is 73.8 Å². The van der Waals surface area contributed by atoms with E-state index in [2.05, 4.69) is 0 Å². The molecule has 0 fully saturated rings. The third-order valence-electron chi connectivity index (χ3n) is 3.54. The van der Waals surface area contributed by atoms with Gasteiger partial charge in [0.25, 0.3) is 11.4 Å². The summed E-state index contributed by atoms with van der Waals surface area (Å²) in [5.74, 6) is -0.726. The number of nitro groups is 2. The fraction of sp³-hybridized carbons (Fsp3) is 0.235. The largest absolute Gasteiger partial charge is 0.423 e. The molecular formula is C17H16N2O6.